The van der Waals surface area contributed by atoms with Gasteiger partial charge in [0.15, 0.2) is 0 Å². The molecule has 1 aromatic heterocycles. The lowest BCUT2D eigenvalue weighted by atomic mass is 10.1. The van der Waals surface area contributed by atoms with Crippen molar-refractivity contribution in [2.45, 2.75) is 46.7 Å². The van der Waals surface area contributed by atoms with Gasteiger partial charge < -0.3 is 5.32 Å². The van der Waals surface area contributed by atoms with Gasteiger partial charge in [0.25, 0.3) is 0 Å². The van der Waals surface area contributed by atoms with Gasteiger partial charge in [-0.1, -0.05) is 13.8 Å². The van der Waals surface area contributed by atoms with Crippen molar-refractivity contribution in [3.63, 3.8) is 0 Å². The van der Waals surface area contributed by atoms with Crippen LogP contribution in [0, 0.1) is 5.92 Å². The third kappa shape index (κ3) is 4.25. The smallest absolute Gasteiger partial charge is 0.0767 e. The predicted molar refractivity (Wildman–Crippen MR) is 81.2 cm³/mol. The summed E-state index contributed by atoms with van der Waals surface area (Å²) in [4.78, 5) is 0. The lowest BCUT2D eigenvalue weighted by molar-refractivity contribution is 0.487. The molecular formula is C13H23BrClN3. The van der Waals surface area contributed by atoms with E-state index in [1.807, 2.05) is 0 Å². The molecule has 104 valence electrons. The fraction of sp³-hybridized carbons (Fsp3) is 0.769. The Labute approximate surface area is 123 Å². The quantitative estimate of drug-likeness (QED) is 0.735. The number of nitrogens with one attached hydrogen (secondary N) is 1. The fourth-order valence-corrected chi connectivity index (χ4v) is 2.99. The Morgan fingerprint density at radius 2 is 2.17 bits per heavy atom. The lowest BCUT2D eigenvalue weighted by Crippen LogP contribution is -2.22. The van der Waals surface area contributed by atoms with E-state index in [0.29, 0.717) is 5.92 Å². The monoisotopic (exact) mass is 335 g/mol. The van der Waals surface area contributed by atoms with E-state index in [2.05, 4.69) is 51.8 Å². The van der Waals surface area contributed by atoms with Crippen LogP contribution >= 0.6 is 27.5 Å². The standard InChI is InChI=1S/C13H23BrClN3/c1-4-11-13(14)12(18(5-2)17-11)9-16-8-10(3)6-7-15/h10,16H,4-9H2,1-3H3. The summed E-state index contributed by atoms with van der Waals surface area (Å²) >= 11 is 9.39. The Bertz CT molecular complexity index is 365. The van der Waals surface area contributed by atoms with Crippen LogP contribution in [0.15, 0.2) is 4.47 Å². The Morgan fingerprint density at radius 3 is 2.72 bits per heavy atom. The minimum absolute atomic E-state index is 0.616. The summed E-state index contributed by atoms with van der Waals surface area (Å²) in [6.45, 7) is 9.24. The molecule has 0 amide bonds. The summed E-state index contributed by atoms with van der Waals surface area (Å²) in [5.41, 5.74) is 2.38. The van der Waals surface area contributed by atoms with Crippen LogP contribution in [0.2, 0.25) is 0 Å². The average Bonchev–Trinajstić information content (AvgIpc) is 2.66. The highest BCUT2D eigenvalue weighted by molar-refractivity contribution is 9.10. The number of halogens is 2. The Kier molecular flexibility index (Phi) is 7.27. The first-order chi connectivity index (χ1) is 8.63. The molecule has 3 nitrogen and oxygen atoms in total. The van der Waals surface area contributed by atoms with E-state index < -0.39 is 0 Å². The molecule has 1 heterocycles. The number of hydrogen-bond acceptors (Lipinski definition) is 2. The lowest BCUT2D eigenvalue weighted by Gasteiger charge is -2.12. The Hall–Kier alpha value is -0.0600. The third-order valence-electron chi connectivity index (χ3n) is 3.08. The minimum Gasteiger partial charge on any atom is -0.311 e. The molecule has 0 aliphatic rings. The van der Waals surface area contributed by atoms with Crippen molar-refractivity contribution < 1.29 is 0 Å². The van der Waals surface area contributed by atoms with E-state index in [4.69, 9.17) is 11.6 Å². The molecular weight excluding hydrogens is 314 g/mol. The summed E-state index contributed by atoms with van der Waals surface area (Å²) in [6.07, 6.45) is 2.02. The van der Waals surface area contributed by atoms with Gasteiger partial charge in [-0.3, -0.25) is 4.68 Å². The summed E-state index contributed by atoms with van der Waals surface area (Å²) < 4.78 is 3.23. The first kappa shape index (κ1) is 16.0. The van der Waals surface area contributed by atoms with Crippen molar-refractivity contribution >= 4 is 27.5 Å². The molecule has 0 aromatic carbocycles. The number of hydrogen-bond donors (Lipinski definition) is 1. The van der Waals surface area contributed by atoms with Gasteiger partial charge in [0.2, 0.25) is 0 Å². The number of alkyl halides is 1. The number of nitrogens with zero attached hydrogens (tertiary/aromatic N) is 2. The SMILES string of the molecule is CCc1nn(CC)c(CNCC(C)CCCl)c1Br. The first-order valence-corrected chi connectivity index (χ1v) is 7.97. The normalized spacial score (nSPS) is 12.9. The van der Waals surface area contributed by atoms with Gasteiger partial charge in [0, 0.05) is 19.0 Å². The van der Waals surface area contributed by atoms with E-state index in [0.717, 1.165) is 48.5 Å². The third-order valence-corrected chi connectivity index (χ3v) is 4.21. The van der Waals surface area contributed by atoms with Crippen LogP contribution in [0.4, 0.5) is 0 Å². The fourth-order valence-electron chi connectivity index (χ4n) is 1.91. The van der Waals surface area contributed by atoms with Gasteiger partial charge in [0.1, 0.15) is 0 Å². The van der Waals surface area contributed by atoms with Gasteiger partial charge >= 0.3 is 0 Å². The van der Waals surface area contributed by atoms with Crippen molar-refractivity contribution in [2.75, 3.05) is 12.4 Å². The molecule has 1 N–H and O–H groups in total. The van der Waals surface area contributed by atoms with E-state index in [1.165, 1.54) is 5.69 Å². The number of aryl methyl sites for hydroxylation is 2. The van der Waals surface area contributed by atoms with E-state index in [9.17, 15) is 0 Å². The molecule has 18 heavy (non-hydrogen) atoms. The van der Waals surface area contributed by atoms with E-state index in [-0.39, 0.29) is 0 Å². The largest absolute Gasteiger partial charge is 0.311 e. The summed E-state index contributed by atoms with van der Waals surface area (Å²) in [5, 5.41) is 8.08. The molecule has 5 heteroatoms. The highest BCUT2D eigenvalue weighted by Gasteiger charge is 2.13. The summed E-state index contributed by atoms with van der Waals surface area (Å²) in [6, 6.07) is 0. The molecule has 0 saturated heterocycles. The van der Waals surface area contributed by atoms with Crippen LogP contribution in [0.5, 0.6) is 0 Å². The molecule has 1 unspecified atom stereocenters. The van der Waals surface area contributed by atoms with Crippen LogP contribution in [-0.2, 0) is 19.5 Å². The second-order valence-electron chi connectivity index (χ2n) is 4.59. The maximum atomic E-state index is 5.74. The van der Waals surface area contributed by atoms with Crippen molar-refractivity contribution in [1.82, 2.24) is 15.1 Å². The van der Waals surface area contributed by atoms with E-state index >= 15 is 0 Å². The maximum Gasteiger partial charge on any atom is 0.0767 e. The molecule has 0 radical (unpaired) electrons. The van der Waals surface area contributed by atoms with Crippen molar-refractivity contribution in [1.29, 1.82) is 0 Å². The van der Waals surface area contributed by atoms with Crippen LogP contribution in [0.3, 0.4) is 0 Å². The Balaban J connectivity index is 2.58. The Morgan fingerprint density at radius 1 is 1.44 bits per heavy atom. The van der Waals surface area contributed by atoms with Crippen molar-refractivity contribution in [2.24, 2.45) is 5.92 Å². The zero-order chi connectivity index (χ0) is 13.5. The second-order valence-corrected chi connectivity index (χ2v) is 5.76. The minimum atomic E-state index is 0.616. The van der Waals surface area contributed by atoms with Gasteiger partial charge in [-0.25, -0.2) is 0 Å². The van der Waals surface area contributed by atoms with Crippen LogP contribution in [-0.4, -0.2) is 22.2 Å². The topological polar surface area (TPSA) is 29.9 Å². The number of rotatable bonds is 8. The second kappa shape index (κ2) is 8.18. The van der Waals surface area contributed by atoms with Crippen molar-refractivity contribution in [3.8, 4) is 0 Å². The molecule has 0 saturated carbocycles. The highest BCUT2D eigenvalue weighted by atomic mass is 79.9. The van der Waals surface area contributed by atoms with Gasteiger partial charge in [-0.15, -0.1) is 11.6 Å². The van der Waals surface area contributed by atoms with E-state index in [1.54, 1.807) is 0 Å². The summed E-state index contributed by atoms with van der Waals surface area (Å²) in [7, 11) is 0. The molecule has 1 rings (SSSR count). The molecule has 0 bridgehead atoms. The molecule has 0 aliphatic carbocycles. The molecule has 1 aromatic rings. The van der Waals surface area contributed by atoms with Gasteiger partial charge in [-0.2, -0.15) is 5.10 Å². The number of aromatic nitrogens is 2. The molecule has 0 aliphatic heterocycles. The highest BCUT2D eigenvalue weighted by Crippen LogP contribution is 2.22. The van der Waals surface area contributed by atoms with Gasteiger partial charge in [-0.05, 0) is 48.2 Å². The van der Waals surface area contributed by atoms with Crippen molar-refractivity contribution in [3.05, 3.63) is 15.9 Å². The maximum absolute atomic E-state index is 5.74. The van der Waals surface area contributed by atoms with Crippen LogP contribution in [0.1, 0.15) is 38.6 Å². The van der Waals surface area contributed by atoms with Crippen LogP contribution < -0.4 is 5.32 Å². The zero-order valence-corrected chi connectivity index (χ0v) is 13.8. The predicted octanol–water partition coefficient (Wildman–Crippen LogP) is 3.58. The average molecular weight is 337 g/mol. The first-order valence-electron chi connectivity index (χ1n) is 6.64. The van der Waals surface area contributed by atoms with Crippen LogP contribution in [0.25, 0.3) is 0 Å². The zero-order valence-electron chi connectivity index (χ0n) is 11.5. The van der Waals surface area contributed by atoms with Gasteiger partial charge in [0.05, 0.1) is 15.9 Å². The summed E-state index contributed by atoms with van der Waals surface area (Å²) in [5.74, 6) is 1.35. The molecule has 0 fully saturated rings. The molecule has 0 spiro atoms. The molecule has 1 atom stereocenters.